The first-order valence-corrected chi connectivity index (χ1v) is 15.7. The summed E-state index contributed by atoms with van der Waals surface area (Å²) in [6.07, 6.45) is 7.99. The van der Waals surface area contributed by atoms with E-state index in [1.807, 2.05) is 13.8 Å². The topological polar surface area (TPSA) is 133 Å². The summed E-state index contributed by atoms with van der Waals surface area (Å²) in [6, 6.07) is 0. The molecule has 0 aromatic carbocycles. The molecule has 8 nitrogen and oxygen atoms in total. The van der Waals surface area contributed by atoms with Crippen molar-refractivity contribution in [2.75, 3.05) is 0 Å². The molecule has 2 heterocycles. The van der Waals surface area contributed by atoms with Crippen molar-refractivity contribution < 1.29 is 19.8 Å². The van der Waals surface area contributed by atoms with Crippen molar-refractivity contribution in [1.29, 1.82) is 0 Å². The average Bonchev–Trinajstić information content (AvgIpc) is 2.70. The Morgan fingerprint density at radius 1 is 0.700 bits per heavy atom. The third kappa shape index (κ3) is 7.40. The van der Waals surface area contributed by atoms with Crippen molar-refractivity contribution in [2.45, 2.75) is 174 Å². The molecule has 2 unspecified atom stereocenters. The van der Waals surface area contributed by atoms with Crippen LogP contribution in [0.25, 0.3) is 0 Å². The molecule has 2 aliphatic heterocycles. The molecule has 6 N–H and O–H groups in total. The summed E-state index contributed by atoms with van der Waals surface area (Å²) in [4.78, 5) is 29.5. The minimum absolute atomic E-state index is 0.00969. The molecule has 40 heavy (non-hydrogen) atoms. The molecule has 2 atom stereocenters. The molecule has 2 rings (SSSR count). The number of piperidine rings is 2. The Bertz CT molecular complexity index is 796. The van der Waals surface area contributed by atoms with Gasteiger partial charge in [-0.3, -0.25) is 19.4 Å². The number of nitrogens with zero attached hydrogens (tertiary/aromatic N) is 2. The summed E-state index contributed by atoms with van der Waals surface area (Å²) in [7, 11) is 0. The molecule has 0 aliphatic carbocycles. The fourth-order valence-electron chi connectivity index (χ4n) is 9.94. The molecular formula is C32H62N4O4. The van der Waals surface area contributed by atoms with Crippen LogP contribution in [0.5, 0.6) is 0 Å². The van der Waals surface area contributed by atoms with E-state index >= 15 is 0 Å². The number of carboxylic acid groups (broad SMARTS) is 2. The Labute approximate surface area is 244 Å². The number of nitrogens with two attached hydrogens (primary N) is 2. The van der Waals surface area contributed by atoms with Gasteiger partial charge in [-0.1, -0.05) is 25.7 Å². The molecule has 0 aromatic rings. The molecule has 234 valence electrons. The van der Waals surface area contributed by atoms with Gasteiger partial charge in [-0.2, -0.15) is 0 Å². The molecule has 0 bridgehead atoms. The third-order valence-corrected chi connectivity index (χ3v) is 10.2. The second-order valence-electron chi connectivity index (χ2n) is 15.7. The zero-order valence-corrected chi connectivity index (χ0v) is 27.3. The molecule has 2 saturated heterocycles. The van der Waals surface area contributed by atoms with Crippen LogP contribution in [0.15, 0.2) is 0 Å². The lowest BCUT2D eigenvalue weighted by Gasteiger charge is -2.63. The van der Waals surface area contributed by atoms with Crippen LogP contribution >= 0.6 is 0 Å². The molecule has 0 radical (unpaired) electrons. The van der Waals surface area contributed by atoms with Crippen molar-refractivity contribution in [3.63, 3.8) is 0 Å². The molecular weight excluding hydrogens is 504 g/mol. The predicted molar refractivity (Wildman–Crippen MR) is 163 cm³/mol. The van der Waals surface area contributed by atoms with Crippen LogP contribution < -0.4 is 11.5 Å². The van der Waals surface area contributed by atoms with Gasteiger partial charge in [0.1, 0.15) is 0 Å². The van der Waals surface area contributed by atoms with E-state index in [-0.39, 0.29) is 52.7 Å². The summed E-state index contributed by atoms with van der Waals surface area (Å²) in [6.45, 7) is 21.9. The fourth-order valence-corrected chi connectivity index (χ4v) is 9.94. The molecule has 0 saturated carbocycles. The van der Waals surface area contributed by atoms with E-state index < -0.39 is 17.4 Å². The third-order valence-electron chi connectivity index (χ3n) is 10.2. The van der Waals surface area contributed by atoms with Crippen molar-refractivity contribution in [1.82, 2.24) is 9.80 Å². The van der Waals surface area contributed by atoms with Crippen molar-refractivity contribution >= 4 is 11.9 Å². The van der Waals surface area contributed by atoms with Crippen LogP contribution in [-0.2, 0) is 9.59 Å². The highest BCUT2D eigenvalue weighted by Gasteiger charge is 2.61. The first-order valence-electron chi connectivity index (χ1n) is 15.7. The second kappa shape index (κ2) is 12.6. The highest BCUT2D eigenvalue weighted by Crippen LogP contribution is 2.58. The Kier molecular flexibility index (Phi) is 11.0. The molecule has 2 fully saturated rings. The molecule has 0 aromatic heterocycles. The van der Waals surface area contributed by atoms with E-state index in [4.69, 9.17) is 16.6 Å². The monoisotopic (exact) mass is 566 g/mol. The highest BCUT2D eigenvalue weighted by molar-refractivity contribution is 5.76. The van der Waals surface area contributed by atoms with Gasteiger partial charge in [0, 0.05) is 28.6 Å². The zero-order chi connectivity index (χ0) is 30.9. The van der Waals surface area contributed by atoms with Gasteiger partial charge in [0.2, 0.25) is 0 Å². The summed E-state index contributed by atoms with van der Waals surface area (Å²) >= 11 is 0. The van der Waals surface area contributed by atoms with E-state index in [1.165, 1.54) is 0 Å². The number of carboxylic acids is 2. The summed E-state index contributed by atoms with van der Waals surface area (Å²) in [5, 5.41) is 20.3. The number of unbranched alkanes of at least 4 members (excludes halogenated alkanes) is 4. The van der Waals surface area contributed by atoms with Crippen LogP contribution in [0.2, 0.25) is 0 Å². The molecule has 0 spiro atoms. The smallest absolute Gasteiger partial charge is 0.310 e. The van der Waals surface area contributed by atoms with Gasteiger partial charge in [-0.05, 0) is 120 Å². The van der Waals surface area contributed by atoms with E-state index in [2.05, 4.69) is 65.2 Å². The Hall–Kier alpha value is -1.22. The first-order chi connectivity index (χ1) is 18.1. The number of hydrogen-bond donors (Lipinski definition) is 4. The van der Waals surface area contributed by atoms with E-state index in [9.17, 15) is 14.7 Å². The molecule has 0 amide bonds. The van der Waals surface area contributed by atoms with Gasteiger partial charge in [0.25, 0.3) is 0 Å². The zero-order valence-electron chi connectivity index (χ0n) is 27.3. The Balaban J connectivity index is 2.51. The Morgan fingerprint density at radius 2 is 1.02 bits per heavy atom. The first kappa shape index (κ1) is 35.0. The van der Waals surface area contributed by atoms with Crippen LogP contribution in [0.4, 0.5) is 0 Å². The number of aliphatic carboxylic acids is 2. The van der Waals surface area contributed by atoms with Crippen molar-refractivity contribution in [3.05, 3.63) is 0 Å². The standard InChI is InChI=1S/C32H62N4O4/c1-22(33)35-28(3,4)18-24(19-29(35,5)6)32(27(39)40,17-15-13-11-12-14-16-26(37)38)25-20-30(7,8)36(23(2)34)31(9,10)21-25/h22-25H,11-21,33-34H2,1-10H3,(H,37,38)(H,39,40). The van der Waals surface area contributed by atoms with Crippen LogP contribution in [0.1, 0.15) is 140 Å². The summed E-state index contributed by atoms with van der Waals surface area (Å²) in [5.74, 6) is -1.39. The van der Waals surface area contributed by atoms with E-state index in [1.54, 1.807) is 0 Å². The van der Waals surface area contributed by atoms with Crippen LogP contribution in [0, 0.1) is 17.3 Å². The highest BCUT2D eigenvalue weighted by atomic mass is 16.4. The quantitative estimate of drug-likeness (QED) is 0.199. The lowest BCUT2D eigenvalue weighted by molar-refractivity contribution is -0.183. The maximum absolute atomic E-state index is 13.8. The van der Waals surface area contributed by atoms with E-state index in [0.29, 0.717) is 12.8 Å². The normalized spacial score (nSPS) is 26.6. The SMILES string of the molecule is CC(N)N1C(C)(C)CC(C(CCCCCCCC(=O)O)(C(=O)O)C2CC(C)(C)N(C(C)N)C(C)(C)C2)CC1(C)C. The van der Waals surface area contributed by atoms with Crippen molar-refractivity contribution in [2.24, 2.45) is 28.7 Å². The number of rotatable bonds is 13. The number of hydrogen-bond acceptors (Lipinski definition) is 6. The summed E-state index contributed by atoms with van der Waals surface area (Å²) < 4.78 is 0. The molecule has 2 aliphatic rings. The van der Waals surface area contributed by atoms with E-state index in [0.717, 1.165) is 51.4 Å². The maximum atomic E-state index is 13.8. The average molecular weight is 567 g/mol. The second-order valence-corrected chi connectivity index (χ2v) is 15.7. The van der Waals surface area contributed by atoms with Gasteiger partial charge >= 0.3 is 11.9 Å². The maximum Gasteiger partial charge on any atom is 0.310 e. The lowest BCUT2D eigenvalue weighted by Crippen LogP contribution is -2.70. The predicted octanol–water partition coefficient (Wildman–Crippen LogP) is 6.02. The van der Waals surface area contributed by atoms with Crippen molar-refractivity contribution in [3.8, 4) is 0 Å². The fraction of sp³-hybridized carbons (Fsp3) is 0.938. The largest absolute Gasteiger partial charge is 0.481 e. The lowest BCUT2D eigenvalue weighted by atomic mass is 9.52. The minimum Gasteiger partial charge on any atom is -0.481 e. The molecule has 8 heteroatoms. The van der Waals surface area contributed by atoms with Crippen LogP contribution in [-0.4, -0.2) is 66.4 Å². The summed E-state index contributed by atoms with van der Waals surface area (Å²) in [5.41, 5.74) is 11.2. The number of likely N-dealkylation sites (tertiary alicyclic amines) is 2. The van der Waals surface area contributed by atoms with Gasteiger partial charge in [0.05, 0.1) is 17.7 Å². The van der Waals surface area contributed by atoms with Gasteiger partial charge in [-0.15, -0.1) is 0 Å². The van der Waals surface area contributed by atoms with Crippen LogP contribution in [0.3, 0.4) is 0 Å². The van der Waals surface area contributed by atoms with Gasteiger partial charge in [-0.25, -0.2) is 0 Å². The minimum atomic E-state index is -0.863. The Morgan fingerprint density at radius 3 is 1.32 bits per heavy atom. The van der Waals surface area contributed by atoms with Gasteiger partial charge < -0.3 is 21.7 Å². The van der Waals surface area contributed by atoms with Gasteiger partial charge in [0.15, 0.2) is 0 Å². The number of carbonyl (C=O) groups is 2.